The van der Waals surface area contributed by atoms with Gasteiger partial charge in [-0.05, 0) is 45.7 Å². The third-order valence-corrected chi connectivity index (χ3v) is 6.37. The maximum Gasteiger partial charge on any atom is 0.157 e. The molecule has 0 saturated heterocycles. The Kier molecular flexibility index (Phi) is 4.86. The zero-order chi connectivity index (χ0) is 14.8. The lowest BCUT2D eigenvalue weighted by Gasteiger charge is -2.28. The summed E-state index contributed by atoms with van der Waals surface area (Å²) < 4.78 is 25.2. The van der Waals surface area contributed by atoms with Crippen molar-refractivity contribution < 1.29 is 8.42 Å². The molecular formula is C16H25NO2S. The molecule has 1 fully saturated rings. The number of benzene rings is 1. The van der Waals surface area contributed by atoms with E-state index in [0.717, 1.165) is 42.4 Å². The van der Waals surface area contributed by atoms with Gasteiger partial charge in [-0.2, -0.15) is 0 Å². The van der Waals surface area contributed by atoms with Gasteiger partial charge in [-0.15, -0.1) is 0 Å². The van der Waals surface area contributed by atoms with Gasteiger partial charge in [0.15, 0.2) is 9.84 Å². The molecule has 1 aromatic carbocycles. The molecule has 0 radical (unpaired) electrons. The number of nitrogens with one attached hydrogen (secondary N) is 1. The summed E-state index contributed by atoms with van der Waals surface area (Å²) in [5.41, 5.74) is 3.19. The van der Waals surface area contributed by atoms with Gasteiger partial charge in [0.1, 0.15) is 0 Å². The van der Waals surface area contributed by atoms with Gasteiger partial charge in [-0.1, -0.05) is 35.7 Å². The molecule has 0 amide bonds. The molecule has 112 valence electrons. The van der Waals surface area contributed by atoms with Gasteiger partial charge < -0.3 is 5.32 Å². The van der Waals surface area contributed by atoms with E-state index in [9.17, 15) is 8.42 Å². The molecule has 0 aliphatic heterocycles. The fourth-order valence-corrected chi connectivity index (χ4v) is 5.15. The quantitative estimate of drug-likeness (QED) is 0.929. The molecule has 2 rings (SSSR count). The Labute approximate surface area is 122 Å². The van der Waals surface area contributed by atoms with Crippen molar-refractivity contribution in [1.29, 1.82) is 0 Å². The molecular weight excluding hydrogens is 270 g/mol. The van der Waals surface area contributed by atoms with Crippen molar-refractivity contribution in [3.05, 3.63) is 34.9 Å². The molecule has 1 aliphatic rings. The molecule has 4 heteroatoms. The molecule has 0 aromatic heterocycles. The van der Waals surface area contributed by atoms with Crippen LogP contribution in [0, 0.1) is 13.8 Å². The highest BCUT2D eigenvalue weighted by molar-refractivity contribution is 7.91. The second-order valence-electron chi connectivity index (χ2n) is 6.08. The summed E-state index contributed by atoms with van der Waals surface area (Å²) in [5, 5.41) is 3.04. The van der Waals surface area contributed by atoms with E-state index in [1.54, 1.807) is 0 Å². The predicted molar refractivity (Wildman–Crippen MR) is 83.6 cm³/mol. The maximum absolute atomic E-state index is 12.6. The SMILES string of the molecule is CNC1CCCC(S(=O)(=O)Cc2cc(C)cc(C)c2)C1. The monoisotopic (exact) mass is 295 g/mol. The number of hydrogen-bond donors (Lipinski definition) is 1. The summed E-state index contributed by atoms with van der Waals surface area (Å²) in [7, 11) is -1.13. The smallest absolute Gasteiger partial charge is 0.157 e. The van der Waals surface area contributed by atoms with Crippen molar-refractivity contribution in [3.63, 3.8) is 0 Å². The van der Waals surface area contributed by atoms with E-state index in [4.69, 9.17) is 0 Å². The summed E-state index contributed by atoms with van der Waals surface area (Å²) in [6.45, 7) is 4.03. The minimum absolute atomic E-state index is 0.177. The lowest BCUT2D eigenvalue weighted by molar-refractivity contribution is 0.390. The molecule has 1 saturated carbocycles. The first-order valence-corrected chi connectivity index (χ1v) is 9.08. The third-order valence-electron chi connectivity index (χ3n) is 4.19. The van der Waals surface area contributed by atoms with E-state index < -0.39 is 9.84 Å². The Morgan fingerprint density at radius 3 is 2.40 bits per heavy atom. The Morgan fingerprint density at radius 2 is 1.80 bits per heavy atom. The first-order chi connectivity index (χ1) is 9.40. The highest BCUT2D eigenvalue weighted by atomic mass is 32.2. The molecule has 0 heterocycles. The Hall–Kier alpha value is -0.870. The first kappa shape index (κ1) is 15.5. The van der Waals surface area contributed by atoms with Crippen LogP contribution >= 0.6 is 0 Å². The van der Waals surface area contributed by atoms with Gasteiger partial charge >= 0.3 is 0 Å². The van der Waals surface area contributed by atoms with E-state index in [1.807, 2.05) is 33.0 Å². The van der Waals surface area contributed by atoms with Crippen molar-refractivity contribution in [3.8, 4) is 0 Å². The summed E-state index contributed by atoms with van der Waals surface area (Å²) in [6.07, 6.45) is 3.66. The van der Waals surface area contributed by atoms with Gasteiger partial charge in [-0.25, -0.2) is 8.42 Å². The molecule has 1 aliphatic carbocycles. The largest absolute Gasteiger partial charge is 0.317 e. The Morgan fingerprint density at radius 1 is 1.15 bits per heavy atom. The van der Waals surface area contributed by atoms with E-state index in [1.165, 1.54) is 0 Å². The molecule has 1 aromatic rings. The Bertz CT molecular complexity index is 546. The fraction of sp³-hybridized carbons (Fsp3) is 0.625. The van der Waals surface area contributed by atoms with Crippen LogP contribution in [0.3, 0.4) is 0 Å². The molecule has 0 bridgehead atoms. The number of sulfone groups is 1. The van der Waals surface area contributed by atoms with Crippen LogP contribution in [0.4, 0.5) is 0 Å². The standard InChI is InChI=1S/C16H25NO2S/c1-12-7-13(2)9-14(8-12)11-20(18,19)16-6-4-5-15(10-16)17-3/h7-9,15-17H,4-6,10-11H2,1-3H3. The predicted octanol–water partition coefficient (Wildman–Crippen LogP) is 2.75. The number of rotatable bonds is 4. The van der Waals surface area contributed by atoms with Gasteiger partial charge in [0.05, 0.1) is 11.0 Å². The zero-order valence-electron chi connectivity index (χ0n) is 12.6. The second-order valence-corrected chi connectivity index (χ2v) is 8.36. The molecule has 2 unspecified atom stereocenters. The van der Waals surface area contributed by atoms with E-state index >= 15 is 0 Å². The van der Waals surface area contributed by atoms with Crippen LogP contribution in [0.5, 0.6) is 0 Å². The van der Waals surface area contributed by atoms with Gasteiger partial charge in [0.2, 0.25) is 0 Å². The maximum atomic E-state index is 12.6. The van der Waals surface area contributed by atoms with E-state index in [2.05, 4.69) is 11.4 Å². The molecule has 0 spiro atoms. The van der Waals surface area contributed by atoms with Crippen LogP contribution < -0.4 is 5.32 Å². The van der Waals surface area contributed by atoms with Crippen LogP contribution in [-0.4, -0.2) is 26.8 Å². The highest BCUT2D eigenvalue weighted by Crippen LogP contribution is 2.27. The lowest BCUT2D eigenvalue weighted by atomic mass is 9.95. The van der Waals surface area contributed by atoms with Crippen molar-refractivity contribution in [1.82, 2.24) is 5.32 Å². The molecule has 1 N–H and O–H groups in total. The van der Waals surface area contributed by atoms with Crippen molar-refractivity contribution in [2.45, 2.75) is 56.6 Å². The topological polar surface area (TPSA) is 46.2 Å². The van der Waals surface area contributed by atoms with Gasteiger partial charge in [0.25, 0.3) is 0 Å². The summed E-state index contributed by atoms with van der Waals surface area (Å²) in [5.74, 6) is 0.177. The zero-order valence-corrected chi connectivity index (χ0v) is 13.5. The van der Waals surface area contributed by atoms with Crippen molar-refractivity contribution in [2.75, 3.05) is 7.05 Å². The molecule has 3 nitrogen and oxygen atoms in total. The lowest BCUT2D eigenvalue weighted by Crippen LogP contribution is -2.37. The van der Waals surface area contributed by atoms with E-state index in [0.29, 0.717) is 6.04 Å². The average Bonchev–Trinajstić information content (AvgIpc) is 2.37. The van der Waals surface area contributed by atoms with Crippen molar-refractivity contribution in [2.24, 2.45) is 0 Å². The van der Waals surface area contributed by atoms with Gasteiger partial charge in [0, 0.05) is 6.04 Å². The Balaban J connectivity index is 2.14. The highest BCUT2D eigenvalue weighted by Gasteiger charge is 2.31. The minimum Gasteiger partial charge on any atom is -0.317 e. The van der Waals surface area contributed by atoms with Crippen LogP contribution in [0.1, 0.15) is 42.4 Å². The third kappa shape index (κ3) is 3.83. The van der Waals surface area contributed by atoms with Gasteiger partial charge in [-0.3, -0.25) is 0 Å². The van der Waals surface area contributed by atoms with Crippen LogP contribution in [-0.2, 0) is 15.6 Å². The average molecular weight is 295 g/mol. The van der Waals surface area contributed by atoms with Crippen molar-refractivity contribution >= 4 is 9.84 Å². The number of aryl methyl sites for hydroxylation is 2. The van der Waals surface area contributed by atoms with E-state index in [-0.39, 0.29) is 11.0 Å². The normalized spacial score (nSPS) is 23.8. The minimum atomic E-state index is -3.05. The first-order valence-electron chi connectivity index (χ1n) is 7.36. The molecule has 20 heavy (non-hydrogen) atoms. The summed E-state index contributed by atoms with van der Waals surface area (Å²) in [4.78, 5) is 0. The van der Waals surface area contributed by atoms with Crippen LogP contribution in [0.25, 0.3) is 0 Å². The summed E-state index contributed by atoms with van der Waals surface area (Å²) >= 11 is 0. The summed E-state index contributed by atoms with van der Waals surface area (Å²) in [6, 6.07) is 6.40. The second kappa shape index (κ2) is 6.27. The number of hydrogen-bond acceptors (Lipinski definition) is 3. The van der Waals surface area contributed by atoms with Crippen LogP contribution in [0.2, 0.25) is 0 Å². The fourth-order valence-electron chi connectivity index (χ4n) is 3.24. The van der Waals surface area contributed by atoms with Crippen LogP contribution in [0.15, 0.2) is 18.2 Å². The molecule has 2 atom stereocenters.